The van der Waals surface area contributed by atoms with Crippen molar-refractivity contribution in [2.24, 2.45) is 0 Å². The van der Waals surface area contributed by atoms with Crippen molar-refractivity contribution in [3.8, 4) is 16.9 Å². The van der Waals surface area contributed by atoms with Crippen LogP contribution in [-0.4, -0.2) is 12.6 Å². The van der Waals surface area contributed by atoms with Crippen LogP contribution >= 0.6 is 0 Å². The lowest BCUT2D eigenvalue weighted by Crippen LogP contribution is -2.11. The highest BCUT2D eigenvalue weighted by atomic mass is 16.5. The molecule has 0 aliphatic rings. The molecular formula is C31H38O3. The van der Waals surface area contributed by atoms with Crippen LogP contribution in [0.25, 0.3) is 11.1 Å². The van der Waals surface area contributed by atoms with Crippen molar-refractivity contribution in [2.75, 3.05) is 6.61 Å². The van der Waals surface area contributed by atoms with Crippen LogP contribution in [0.15, 0.2) is 72.8 Å². The van der Waals surface area contributed by atoms with Crippen LogP contribution in [0.5, 0.6) is 5.75 Å². The third kappa shape index (κ3) is 6.80. The number of carbonyl (C=O) groups is 1. The quantitative estimate of drug-likeness (QED) is 0.155. The summed E-state index contributed by atoms with van der Waals surface area (Å²) in [5.74, 6) is 0.751. The molecule has 0 aliphatic heterocycles. The number of para-hydroxylation sites is 1. The maximum absolute atomic E-state index is 12.9. The second-order valence-corrected chi connectivity index (χ2v) is 8.89. The Balaban J connectivity index is 1.68. The summed E-state index contributed by atoms with van der Waals surface area (Å²) in [4.78, 5) is 12.9. The maximum Gasteiger partial charge on any atom is 0.343 e. The molecule has 0 amide bonds. The van der Waals surface area contributed by atoms with E-state index in [4.69, 9.17) is 9.47 Å². The molecule has 180 valence electrons. The van der Waals surface area contributed by atoms with Crippen LogP contribution in [-0.2, 0) is 4.74 Å². The van der Waals surface area contributed by atoms with Gasteiger partial charge < -0.3 is 9.47 Å². The van der Waals surface area contributed by atoms with Gasteiger partial charge in [0, 0.05) is 6.61 Å². The zero-order chi connectivity index (χ0) is 24.3. The largest absolute Gasteiger partial charge is 0.423 e. The van der Waals surface area contributed by atoms with E-state index in [9.17, 15) is 4.79 Å². The van der Waals surface area contributed by atoms with Crippen LogP contribution in [0.2, 0.25) is 0 Å². The van der Waals surface area contributed by atoms with Crippen molar-refractivity contribution in [3.63, 3.8) is 0 Å². The standard InChI is InChI=1S/C31H38O3/c1-5-8-22-33-23(4)25-14-16-26(17-15-25)27-18-20-28(21-19-27)31(32)34-30-13-10-9-12-29(30)24(7-3)11-6-2/h9-10,12-21,23-24H,5-8,11,22H2,1-4H3. The highest BCUT2D eigenvalue weighted by Crippen LogP contribution is 2.33. The third-order valence-electron chi connectivity index (χ3n) is 6.39. The van der Waals surface area contributed by atoms with E-state index in [1.165, 1.54) is 5.56 Å². The second kappa shape index (κ2) is 13.1. The Hall–Kier alpha value is -2.91. The molecule has 3 rings (SSSR count). The van der Waals surface area contributed by atoms with Gasteiger partial charge in [-0.05, 0) is 72.6 Å². The number of hydrogen-bond donors (Lipinski definition) is 0. The van der Waals surface area contributed by atoms with Crippen LogP contribution in [0.3, 0.4) is 0 Å². The fourth-order valence-electron chi connectivity index (χ4n) is 4.24. The van der Waals surface area contributed by atoms with E-state index in [2.05, 4.69) is 58.0 Å². The second-order valence-electron chi connectivity index (χ2n) is 8.89. The molecule has 3 aromatic rings. The number of benzene rings is 3. The summed E-state index contributed by atoms with van der Waals surface area (Å²) in [5.41, 5.74) is 5.02. The molecule has 3 nitrogen and oxygen atoms in total. The molecule has 3 aromatic carbocycles. The summed E-state index contributed by atoms with van der Waals surface area (Å²) in [6.45, 7) is 9.42. The lowest BCUT2D eigenvalue weighted by molar-refractivity contribution is 0.0637. The van der Waals surface area contributed by atoms with Crippen molar-refractivity contribution < 1.29 is 14.3 Å². The zero-order valence-electron chi connectivity index (χ0n) is 21.1. The molecule has 0 saturated heterocycles. The fourth-order valence-corrected chi connectivity index (χ4v) is 4.24. The Kier molecular flexibility index (Phi) is 9.90. The van der Waals surface area contributed by atoms with E-state index in [0.29, 0.717) is 17.2 Å². The molecule has 0 bridgehead atoms. The van der Waals surface area contributed by atoms with Crippen LogP contribution in [0.1, 0.15) is 93.3 Å². The van der Waals surface area contributed by atoms with Crippen molar-refractivity contribution in [1.29, 1.82) is 0 Å². The summed E-state index contributed by atoms with van der Waals surface area (Å²) in [7, 11) is 0. The van der Waals surface area contributed by atoms with Gasteiger partial charge in [-0.3, -0.25) is 0 Å². The minimum absolute atomic E-state index is 0.0882. The Morgan fingerprint density at radius 1 is 0.824 bits per heavy atom. The molecule has 0 spiro atoms. The molecule has 2 unspecified atom stereocenters. The average Bonchev–Trinajstić information content (AvgIpc) is 2.88. The first-order valence-electron chi connectivity index (χ1n) is 12.7. The lowest BCUT2D eigenvalue weighted by atomic mass is 9.91. The first kappa shape index (κ1) is 25.7. The van der Waals surface area contributed by atoms with Crippen molar-refractivity contribution in [1.82, 2.24) is 0 Å². The molecule has 34 heavy (non-hydrogen) atoms. The predicted molar refractivity (Wildman–Crippen MR) is 140 cm³/mol. The summed E-state index contributed by atoms with van der Waals surface area (Å²) < 4.78 is 11.7. The normalized spacial score (nSPS) is 12.8. The molecule has 0 N–H and O–H groups in total. The third-order valence-corrected chi connectivity index (χ3v) is 6.39. The van der Waals surface area contributed by atoms with Crippen LogP contribution < -0.4 is 4.74 Å². The molecular weight excluding hydrogens is 420 g/mol. The van der Waals surface area contributed by atoms with E-state index < -0.39 is 0 Å². The van der Waals surface area contributed by atoms with E-state index in [-0.39, 0.29) is 12.1 Å². The van der Waals surface area contributed by atoms with E-state index >= 15 is 0 Å². The van der Waals surface area contributed by atoms with E-state index in [1.54, 1.807) is 0 Å². The first-order valence-corrected chi connectivity index (χ1v) is 12.7. The summed E-state index contributed by atoms with van der Waals surface area (Å²) >= 11 is 0. The number of carbonyl (C=O) groups excluding carboxylic acids is 1. The zero-order valence-corrected chi connectivity index (χ0v) is 21.1. The SMILES string of the molecule is CCCCOC(C)c1ccc(-c2ccc(C(=O)Oc3ccccc3C(CC)CCC)cc2)cc1. The number of hydrogen-bond acceptors (Lipinski definition) is 3. The van der Waals surface area contributed by atoms with Gasteiger partial charge in [-0.2, -0.15) is 0 Å². The van der Waals surface area contributed by atoms with Crippen LogP contribution in [0.4, 0.5) is 0 Å². The first-order chi connectivity index (χ1) is 16.6. The van der Waals surface area contributed by atoms with Crippen molar-refractivity contribution in [3.05, 3.63) is 89.5 Å². The van der Waals surface area contributed by atoms with Gasteiger partial charge in [0.1, 0.15) is 5.75 Å². The molecule has 0 heterocycles. The Morgan fingerprint density at radius 2 is 1.47 bits per heavy atom. The molecule has 0 radical (unpaired) electrons. The number of rotatable bonds is 12. The topological polar surface area (TPSA) is 35.5 Å². The molecule has 0 fully saturated rings. The van der Waals surface area contributed by atoms with Crippen molar-refractivity contribution in [2.45, 2.75) is 71.8 Å². The summed E-state index contributed by atoms with van der Waals surface area (Å²) in [6.07, 6.45) is 5.53. The van der Waals surface area contributed by atoms with Gasteiger partial charge in [0.25, 0.3) is 0 Å². The van der Waals surface area contributed by atoms with Gasteiger partial charge >= 0.3 is 5.97 Å². The van der Waals surface area contributed by atoms with Gasteiger partial charge in [-0.1, -0.05) is 88.2 Å². The lowest BCUT2D eigenvalue weighted by Gasteiger charge is -2.18. The molecule has 0 aliphatic carbocycles. The Bertz CT molecular complexity index is 1020. The molecule has 0 saturated carbocycles. The maximum atomic E-state index is 12.9. The minimum Gasteiger partial charge on any atom is -0.423 e. The van der Waals surface area contributed by atoms with Crippen molar-refractivity contribution >= 4 is 5.97 Å². The Morgan fingerprint density at radius 3 is 2.09 bits per heavy atom. The highest BCUT2D eigenvalue weighted by Gasteiger charge is 2.17. The van der Waals surface area contributed by atoms with E-state index in [1.807, 2.05) is 42.5 Å². The highest BCUT2D eigenvalue weighted by molar-refractivity contribution is 5.91. The smallest absolute Gasteiger partial charge is 0.343 e. The summed E-state index contributed by atoms with van der Waals surface area (Å²) in [5, 5.41) is 0. The summed E-state index contributed by atoms with van der Waals surface area (Å²) in [6, 6.07) is 24.0. The molecule has 2 atom stereocenters. The molecule has 0 aromatic heterocycles. The minimum atomic E-state index is -0.321. The van der Waals surface area contributed by atoms with Gasteiger partial charge in [0.15, 0.2) is 0 Å². The average molecular weight is 459 g/mol. The van der Waals surface area contributed by atoms with Gasteiger partial charge in [0.2, 0.25) is 0 Å². The van der Waals surface area contributed by atoms with Crippen LogP contribution in [0, 0.1) is 0 Å². The number of ether oxygens (including phenoxy) is 2. The number of unbranched alkanes of at least 4 members (excludes halogenated alkanes) is 1. The van der Waals surface area contributed by atoms with Gasteiger partial charge in [-0.15, -0.1) is 0 Å². The van der Waals surface area contributed by atoms with Gasteiger partial charge in [0.05, 0.1) is 11.7 Å². The van der Waals surface area contributed by atoms with Gasteiger partial charge in [-0.25, -0.2) is 4.79 Å². The fraction of sp³-hybridized carbons (Fsp3) is 0.387. The molecule has 3 heteroatoms. The Labute approximate surface area is 205 Å². The monoisotopic (exact) mass is 458 g/mol. The predicted octanol–water partition coefficient (Wildman–Crippen LogP) is 8.74. The van der Waals surface area contributed by atoms with E-state index in [0.717, 1.165) is 55.4 Å². The number of esters is 1.